The highest BCUT2D eigenvalue weighted by molar-refractivity contribution is 7.92. The maximum absolute atomic E-state index is 14.7. The predicted molar refractivity (Wildman–Crippen MR) is 180 cm³/mol. The van der Waals surface area contributed by atoms with Crippen molar-refractivity contribution in [1.29, 1.82) is 0 Å². The zero-order valence-electron chi connectivity index (χ0n) is 25.8. The van der Waals surface area contributed by atoms with E-state index in [2.05, 4.69) is 5.32 Å². The summed E-state index contributed by atoms with van der Waals surface area (Å²) < 4.78 is 61.5. The van der Waals surface area contributed by atoms with Crippen LogP contribution in [-0.2, 0) is 16.4 Å². The number of pyridine rings is 1. The van der Waals surface area contributed by atoms with E-state index in [-0.39, 0.29) is 35.0 Å². The fourth-order valence-corrected chi connectivity index (χ4v) is 6.22. The van der Waals surface area contributed by atoms with Crippen molar-refractivity contribution in [2.75, 3.05) is 31.3 Å². The SMILES string of the molecule is CNC(=O)c1c(-c2ccc(F)cc2)oc2cc(N(C)S(C)(=O)=O)c(-c3ccc(/C=C/CCO)c(C4=Cc5c(F)cccc5C4)n3)cc12. The maximum Gasteiger partial charge on any atom is 0.255 e. The fraction of sp³-hybridized carbons (Fsp3) is 0.167. The van der Waals surface area contributed by atoms with Gasteiger partial charge in [0, 0.05) is 60.8 Å². The normalized spacial score (nSPS) is 12.9. The molecule has 0 bridgehead atoms. The van der Waals surface area contributed by atoms with Crippen LogP contribution in [0.2, 0.25) is 0 Å². The van der Waals surface area contributed by atoms with Crippen LogP contribution in [0.15, 0.2) is 77.2 Å². The Bertz CT molecular complexity index is 2210. The van der Waals surface area contributed by atoms with E-state index >= 15 is 0 Å². The summed E-state index contributed by atoms with van der Waals surface area (Å²) in [7, 11) is -0.878. The van der Waals surface area contributed by atoms with Gasteiger partial charge in [0.1, 0.15) is 23.0 Å². The second-order valence-corrected chi connectivity index (χ2v) is 13.2. The number of furan rings is 1. The summed E-state index contributed by atoms with van der Waals surface area (Å²) in [5, 5.41) is 12.4. The lowest BCUT2D eigenvalue weighted by atomic mass is 9.98. The van der Waals surface area contributed by atoms with Crippen LogP contribution >= 0.6 is 0 Å². The van der Waals surface area contributed by atoms with Gasteiger partial charge < -0.3 is 14.8 Å². The highest BCUT2D eigenvalue weighted by Crippen LogP contribution is 2.42. The third kappa shape index (κ3) is 6.07. The van der Waals surface area contributed by atoms with Crippen molar-refractivity contribution < 1.29 is 31.5 Å². The summed E-state index contributed by atoms with van der Waals surface area (Å²) in [4.78, 5) is 18.3. The van der Waals surface area contributed by atoms with Crippen LogP contribution in [0.4, 0.5) is 14.5 Å². The Kier molecular flexibility index (Phi) is 8.52. The number of carbonyl (C=O) groups is 1. The van der Waals surface area contributed by atoms with Crippen LogP contribution in [0, 0.1) is 11.6 Å². The zero-order valence-corrected chi connectivity index (χ0v) is 26.7. The van der Waals surface area contributed by atoms with E-state index in [1.807, 2.05) is 24.3 Å². The second kappa shape index (κ2) is 12.6. The Balaban J connectivity index is 1.61. The second-order valence-electron chi connectivity index (χ2n) is 11.2. The molecule has 2 aromatic heterocycles. The molecule has 0 atom stereocenters. The summed E-state index contributed by atoms with van der Waals surface area (Å²) in [5.41, 5.74) is 5.30. The summed E-state index contributed by atoms with van der Waals surface area (Å²) in [5.74, 6) is -1.05. The molecule has 0 radical (unpaired) electrons. The molecular formula is C36H31F2N3O5S. The topological polar surface area (TPSA) is 113 Å². The fourth-order valence-electron chi connectivity index (χ4n) is 5.71. The number of allylic oxidation sites excluding steroid dienone is 1. The van der Waals surface area contributed by atoms with Gasteiger partial charge in [0.25, 0.3) is 5.91 Å². The van der Waals surface area contributed by atoms with E-state index in [0.717, 1.165) is 27.3 Å². The van der Waals surface area contributed by atoms with Gasteiger partial charge in [-0.2, -0.15) is 0 Å². The Labute approximate surface area is 270 Å². The number of nitrogens with zero attached hydrogens (tertiary/aromatic N) is 2. The molecule has 0 unspecified atom stereocenters. The summed E-state index contributed by atoms with van der Waals surface area (Å²) in [6, 6.07) is 17.2. The number of aliphatic hydroxyl groups excluding tert-OH is 1. The first-order chi connectivity index (χ1) is 22.5. The number of sulfonamides is 1. The molecule has 0 aliphatic heterocycles. The Hall–Kier alpha value is -5.13. The maximum atomic E-state index is 14.7. The van der Waals surface area contributed by atoms with Crippen LogP contribution in [0.1, 0.15) is 39.2 Å². The molecule has 3 aromatic carbocycles. The number of benzene rings is 3. The molecule has 1 amide bonds. The first-order valence-corrected chi connectivity index (χ1v) is 16.6. The summed E-state index contributed by atoms with van der Waals surface area (Å²) in [6.45, 7) is -0.0316. The largest absolute Gasteiger partial charge is 0.455 e. The van der Waals surface area contributed by atoms with Gasteiger partial charge in [0.2, 0.25) is 10.0 Å². The first-order valence-electron chi connectivity index (χ1n) is 14.8. The van der Waals surface area contributed by atoms with Gasteiger partial charge in [-0.25, -0.2) is 22.2 Å². The predicted octanol–water partition coefficient (Wildman–Crippen LogP) is 6.69. The Morgan fingerprint density at radius 2 is 1.87 bits per heavy atom. The minimum atomic E-state index is -3.77. The molecule has 0 spiro atoms. The number of rotatable bonds is 9. The lowest BCUT2D eigenvalue weighted by Gasteiger charge is -2.21. The van der Waals surface area contributed by atoms with E-state index in [1.54, 1.807) is 30.3 Å². The average molecular weight is 656 g/mol. The lowest BCUT2D eigenvalue weighted by Crippen LogP contribution is -2.25. The smallest absolute Gasteiger partial charge is 0.255 e. The molecule has 5 aromatic rings. The minimum absolute atomic E-state index is 0.0316. The number of fused-ring (bicyclic) bond motifs is 2. The standard InChI is InChI=1S/C36H31F2N3O5S/c1-39-36(43)33-28-19-27(31(41(2)47(3,44)45)20-32(28)46-35(33)22-10-13-25(37)14-11-22)30-15-12-21(7-4-5-16-42)34(40-30)24-17-23-8-6-9-29(38)26(23)18-24/h4,6-15,18-20,42H,5,16-17H2,1-3H3,(H,39,43)/b7-4+. The van der Waals surface area contributed by atoms with Crippen molar-refractivity contribution >= 4 is 50.3 Å². The number of halogens is 2. The van der Waals surface area contributed by atoms with Crippen molar-refractivity contribution in [3.8, 4) is 22.6 Å². The van der Waals surface area contributed by atoms with E-state index in [1.165, 1.54) is 44.4 Å². The van der Waals surface area contributed by atoms with Gasteiger partial charge in [-0.05, 0) is 66.1 Å². The molecule has 0 saturated carbocycles. The Morgan fingerprint density at radius 1 is 1.11 bits per heavy atom. The van der Waals surface area contributed by atoms with Crippen LogP contribution in [0.25, 0.3) is 51.3 Å². The quantitative estimate of drug-likeness (QED) is 0.183. The highest BCUT2D eigenvalue weighted by Gasteiger charge is 2.27. The lowest BCUT2D eigenvalue weighted by molar-refractivity contribution is 0.0964. The molecule has 0 saturated heterocycles. The van der Waals surface area contributed by atoms with Gasteiger partial charge in [0.05, 0.1) is 28.9 Å². The minimum Gasteiger partial charge on any atom is -0.455 e. The van der Waals surface area contributed by atoms with E-state index in [4.69, 9.17) is 9.40 Å². The molecule has 240 valence electrons. The molecule has 1 aliphatic carbocycles. The van der Waals surface area contributed by atoms with Crippen LogP contribution in [-0.4, -0.2) is 51.4 Å². The monoisotopic (exact) mass is 655 g/mol. The molecule has 2 N–H and O–H groups in total. The number of hydrogen-bond donors (Lipinski definition) is 2. The van der Waals surface area contributed by atoms with Crippen LogP contribution < -0.4 is 9.62 Å². The third-order valence-electron chi connectivity index (χ3n) is 8.15. The van der Waals surface area contributed by atoms with Gasteiger partial charge in [-0.1, -0.05) is 30.4 Å². The zero-order chi connectivity index (χ0) is 33.5. The van der Waals surface area contributed by atoms with E-state index in [9.17, 15) is 27.1 Å². The molecule has 47 heavy (non-hydrogen) atoms. The Morgan fingerprint density at radius 3 is 2.55 bits per heavy atom. The van der Waals surface area contributed by atoms with Crippen molar-refractivity contribution in [3.05, 3.63) is 112 Å². The van der Waals surface area contributed by atoms with Gasteiger partial charge >= 0.3 is 0 Å². The van der Waals surface area contributed by atoms with Gasteiger partial charge in [-0.3, -0.25) is 9.10 Å². The molecular weight excluding hydrogens is 624 g/mol. The number of aliphatic hydroxyl groups is 1. The van der Waals surface area contributed by atoms with Crippen LogP contribution in [0.5, 0.6) is 0 Å². The van der Waals surface area contributed by atoms with E-state index < -0.39 is 21.7 Å². The molecule has 8 nitrogen and oxygen atoms in total. The third-order valence-corrected chi connectivity index (χ3v) is 9.34. The van der Waals surface area contributed by atoms with Gasteiger partial charge in [-0.15, -0.1) is 0 Å². The number of hydrogen-bond acceptors (Lipinski definition) is 6. The van der Waals surface area contributed by atoms with Crippen molar-refractivity contribution in [2.24, 2.45) is 0 Å². The van der Waals surface area contributed by atoms with Crippen molar-refractivity contribution in [1.82, 2.24) is 10.3 Å². The van der Waals surface area contributed by atoms with Gasteiger partial charge in [0.15, 0.2) is 0 Å². The molecule has 1 aliphatic rings. The first kappa shape index (κ1) is 31.8. The number of aromatic nitrogens is 1. The van der Waals surface area contributed by atoms with E-state index in [0.29, 0.717) is 46.3 Å². The number of amides is 1. The number of carbonyl (C=O) groups excluding carboxylic acids is 1. The number of anilines is 1. The van der Waals surface area contributed by atoms with Crippen LogP contribution in [0.3, 0.4) is 0 Å². The molecule has 0 fully saturated rings. The summed E-state index contributed by atoms with van der Waals surface area (Å²) >= 11 is 0. The molecule has 11 heteroatoms. The highest BCUT2D eigenvalue weighted by atomic mass is 32.2. The average Bonchev–Trinajstić information content (AvgIpc) is 3.66. The molecule has 6 rings (SSSR count). The molecule has 2 heterocycles. The summed E-state index contributed by atoms with van der Waals surface area (Å²) in [6.07, 6.45) is 7.35. The van der Waals surface area contributed by atoms with Crippen molar-refractivity contribution in [3.63, 3.8) is 0 Å². The van der Waals surface area contributed by atoms with Crippen molar-refractivity contribution in [2.45, 2.75) is 12.8 Å². The number of nitrogens with one attached hydrogen (secondary N) is 1.